The van der Waals surface area contributed by atoms with Crippen molar-refractivity contribution in [1.82, 2.24) is 9.97 Å². The van der Waals surface area contributed by atoms with Crippen LogP contribution < -0.4 is 0 Å². The molecule has 0 aliphatic heterocycles. The number of aryl methyl sites for hydroxylation is 1. The lowest BCUT2D eigenvalue weighted by Gasteiger charge is -1.96. The molecule has 3 nitrogen and oxygen atoms in total. The molecule has 0 aromatic carbocycles. The molecule has 0 bridgehead atoms. The maximum absolute atomic E-state index is 10.5. The second-order valence-corrected chi connectivity index (χ2v) is 5.30. The first-order chi connectivity index (χ1) is 7.28. The minimum atomic E-state index is 0.708. The van der Waals surface area contributed by atoms with Gasteiger partial charge in [0.1, 0.15) is 0 Å². The minimum absolute atomic E-state index is 0.708. The van der Waals surface area contributed by atoms with Crippen molar-refractivity contribution in [2.75, 3.05) is 0 Å². The molecular weight excluding hydrogens is 228 g/mol. The second-order valence-electron chi connectivity index (χ2n) is 2.92. The van der Waals surface area contributed by atoms with E-state index in [0.29, 0.717) is 5.16 Å². The largest absolute Gasteiger partial charge is 0.297 e. The van der Waals surface area contributed by atoms with Gasteiger partial charge < -0.3 is 0 Å². The third kappa shape index (κ3) is 2.64. The lowest BCUT2D eigenvalue weighted by atomic mass is 10.4. The molecule has 0 spiro atoms. The molecule has 2 aromatic heterocycles. The quantitative estimate of drug-likeness (QED) is 0.607. The van der Waals surface area contributed by atoms with Crippen molar-refractivity contribution in [2.45, 2.75) is 16.3 Å². The number of carbonyl (C=O) groups excluding carboxylic acids is 1. The summed E-state index contributed by atoms with van der Waals surface area (Å²) in [5.41, 5.74) is 1.04. The summed E-state index contributed by atoms with van der Waals surface area (Å²) in [7, 11) is 0. The number of carbonyl (C=O) groups is 1. The fraction of sp³-hybridized carbons (Fsp3) is 0.100. The Hall–Kier alpha value is -1.20. The van der Waals surface area contributed by atoms with Crippen LogP contribution in [-0.4, -0.2) is 16.3 Å². The van der Waals surface area contributed by atoms with E-state index >= 15 is 0 Å². The van der Waals surface area contributed by atoms with Gasteiger partial charge in [0.15, 0.2) is 11.4 Å². The summed E-state index contributed by atoms with van der Waals surface area (Å²) in [6.07, 6.45) is 4.41. The molecule has 2 heterocycles. The van der Waals surface area contributed by atoms with Gasteiger partial charge in [-0.25, -0.2) is 9.97 Å². The molecule has 2 aromatic rings. The Kier molecular flexibility index (Phi) is 3.13. The topological polar surface area (TPSA) is 42.9 Å². The van der Waals surface area contributed by atoms with E-state index in [1.807, 2.05) is 13.0 Å². The minimum Gasteiger partial charge on any atom is -0.297 e. The van der Waals surface area contributed by atoms with E-state index < -0.39 is 0 Å². The molecule has 0 saturated heterocycles. The van der Waals surface area contributed by atoms with Crippen molar-refractivity contribution < 1.29 is 4.79 Å². The summed E-state index contributed by atoms with van der Waals surface area (Å²) in [6.45, 7) is 1.95. The molecule has 0 aliphatic rings. The molecule has 2 rings (SSSR count). The fourth-order valence-corrected chi connectivity index (χ4v) is 2.73. The predicted octanol–water partition coefficient (Wildman–Crippen LogP) is 2.81. The number of rotatable bonds is 3. The van der Waals surface area contributed by atoms with Crippen LogP contribution in [-0.2, 0) is 0 Å². The average molecular weight is 236 g/mol. The molecular formula is C10H8N2OS2. The molecule has 0 radical (unpaired) electrons. The Labute approximate surface area is 95.6 Å². The molecule has 0 unspecified atom stereocenters. The number of aldehydes is 1. The van der Waals surface area contributed by atoms with Crippen LogP contribution in [0.3, 0.4) is 0 Å². The van der Waals surface area contributed by atoms with Gasteiger partial charge in [-0.2, -0.15) is 0 Å². The molecule has 0 amide bonds. The van der Waals surface area contributed by atoms with Gasteiger partial charge in [-0.1, -0.05) is 0 Å². The van der Waals surface area contributed by atoms with E-state index in [1.54, 1.807) is 18.5 Å². The van der Waals surface area contributed by atoms with E-state index in [-0.39, 0.29) is 0 Å². The molecule has 0 saturated carbocycles. The number of hydrogen-bond acceptors (Lipinski definition) is 5. The Bertz CT molecular complexity index is 465. The number of nitrogens with zero attached hydrogens (tertiary/aromatic N) is 2. The summed E-state index contributed by atoms with van der Waals surface area (Å²) in [5, 5.41) is 0.708. The third-order valence-corrected chi connectivity index (χ3v) is 3.70. The summed E-state index contributed by atoms with van der Waals surface area (Å²) in [5.74, 6) is 0. The maximum atomic E-state index is 10.5. The van der Waals surface area contributed by atoms with Gasteiger partial charge in [0.05, 0.1) is 9.09 Å². The van der Waals surface area contributed by atoms with Crippen molar-refractivity contribution in [3.8, 4) is 0 Å². The molecule has 76 valence electrons. The second kappa shape index (κ2) is 4.55. The molecule has 0 fully saturated rings. The summed E-state index contributed by atoms with van der Waals surface area (Å²) < 4.78 is 1.03. The zero-order chi connectivity index (χ0) is 10.7. The van der Waals surface area contributed by atoms with E-state index in [4.69, 9.17) is 0 Å². The monoisotopic (exact) mass is 236 g/mol. The molecule has 0 aliphatic carbocycles. The highest BCUT2D eigenvalue weighted by atomic mass is 32.2. The summed E-state index contributed by atoms with van der Waals surface area (Å²) in [6, 6.07) is 3.70. The van der Waals surface area contributed by atoms with Gasteiger partial charge in [-0.3, -0.25) is 4.79 Å². The highest BCUT2D eigenvalue weighted by molar-refractivity contribution is 8.01. The highest BCUT2D eigenvalue weighted by Crippen LogP contribution is 2.30. The zero-order valence-corrected chi connectivity index (χ0v) is 9.64. The maximum Gasteiger partial charge on any atom is 0.193 e. The Morgan fingerprint density at radius 1 is 1.33 bits per heavy atom. The van der Waals surface area contributed by atoms with Crippen LogP contribution in [0.4, 0.5) is 0 Å². The van der Waals surface area contributed by atoms with Gasteiger partial charge in [-0.05, 0) is 36.4 Å². The lowest BCUT2D eigenvalue weighted by Crippen LogP contribution is -1.84. The highest BCUT2D eigenvalue weighted by Gasteiger charge is 2.03. The first kappa shape index (κ1) is 10.3. The van der Waals surface area contributed by atoms with Crippen LogP contribution in [0.5, 0.6) is 0 Å². The number of thiophene rings is 1. The van der Waals surface area contributed by atoms with Gasteiger partial charge >= 0.3 is 0 Å². The van der Waals surface area contributed by atoms with E-state index in [1.165, 1.54) is 23.1 Å². The number of hydrogen-bond donors (Lipinski definition) is 0. The third-order valence-electron chi connectivity index (χ3n) is 1.67. The lowest BCUT2D eigenvalue weighted by molar-refractivity contribution is 0.112. The van der Waals surface area contributed by atoms with Gasteiger partial charge in [-0.15, -0.1) is 11.3 Å². The van der Waals surface area contributed by atoms with Crippen LogP contribution in [0.1, 0.15) is 15.2 Å². The predicted molar refractivity (Wildman–Crippen MR) is 60.6 cm³/mol. The van der Waals surface area contributed by atoms with Crippen LogP contribution >= 0.6 is 23.1 Å². The van der Waals surface area contributed by atoms with Gasteiger partial charge in [0, 0.05) is 12.4 Å². The molecule has 5 heteroatoms. The van der Waals surface area contributed by atoms with Crippen molar-refractivity contribution in [3.05, 3.63) is 35.0 Å². The van der Waals surface area contributed by atoms with Crippen LogP contribution in [0.2, 0.25) is 0 Å². The molecule has 0 atom stereocenters. The summed E-state index contributed by atoms with van der Waals surface area (Å²) in [4.78, 5) is 19.6. The van der Waals surface area contributed by atoms with Crippen LogP contribution in [0.25, 0.3) is 0 Å². The zero-order valence-electron chi connectivity index (χ0n) is 8.01. The Morgan fingerprint density at radius 3 is 2.67 bits per heavy atom. The van der Waals surface area contributed by atoms with E-state index in [0.717, 1.165) is 20.9 Å². The van der Waals surface area contributed by atoms with E-state index in [9.17, 15) is 4.79 Å². The Morgan fingerprint density at radius 2 is 2.07 bits per heavy atom. The van der Waals surface area contributed by atoms with E-state index in [2.05, 4.69) is 9.97 Å². The average Bonchev–Trinajstić information content (AvgIpc) is 2.69. The fourth-order valence-electron chi connectivity index (χ4n) is 0.976. The summed E-state index contributed by atoms with van der Waals surface area (Å²) >= 11 is 2.92. The standard InChI is InChI=1S/C10H8N2OS2/c1-7-4-11-10(12-5-7)15-9-3-2-8(6-13)14-9/h2-6H,1H3. The van der Waals surface area contributed by atoms with Crippen molar-refractivity contribution in [3.63, 3.8) is 0 Å². The smallest absolute Gasteiger partial charge is 0.193 e. The van der Waals surface area contributed by atoms with Crippen LogP contribution in [0, 0.1) is 6.92 Å². The normalized spacial score (nSPS) is 10.2. The molecule has 0 N–H and O–H groups in total. The Balaban J connectivity index is 2.14. The van der Waals surface area contributed by atoms with Crippen LogP contribution in [0.15, 0.2) is 33.9 Å². The van der Waals surface area contributed by atoms with Crippen molar-refractivity contribution in [2.24, 2.45) is 0 Å². The first-order valence-corrected chi connectivity index (χ1v) is 5.93. The first-order valence-electron chi connectivity index (χ1n) is 4.29. The SMILES string of the molecule is Cc1cnc(Sc2ccc(C=O)s2)nc1. The number of aromatic nitrogens is 2. The van der Waals surface area contributed by atoms with Crippen molar-refractivity contribution >= 4 is 29.4 Å². The van der Waals surface area contributed by atoms with Gasteiger partial charge in [0.2, 0.25) is 0 Å². The van der Waals surface area contributed by atoms with Gasteiger partial charge in [0.25, 0.3) is 0 Å². The van der Waals surface area contributed by atoms with Crippen molar-refractivity contribution in [1.29, 1.82) is 0 Å². The molecule has 15 heavy (non-hydrogen) atoms.